The molecular weight excluding hydrogens is 340 g/mol. The predicted octanol–water partition coefficient (Wildman–Crippen LogP) is 4.89. The predicted molar refractivity (Wildman–Crippen MR) is 105 cm³/mol. The van der Waals surface area contributed by atoms with Crippen molar-refractivity contribution in [1.82, 2.24) is 0 Å². The van der Waals surface area contributed by atoms with Crippen LogP contribution in [0.1, 0.15) is 64.9 Å². The highest BCUT2D eigenvalue weighted by molar-refractivity contribution is 5.96. The van der Waals surface area contributed by atoms with E-state index in [1.807, 2.05) is 32.0 Å². The van der Waals surface area contributed by atoms with E-state index in [4.69, 9.17) is 4.42 Å². The number of rotatable bonds is 5. The first kappa shape index (κ1) is 17.5. The number of benzene rings is 2. The van der Waals surface area contributed by atoms with E-state index in [1.165, 1.54) is 5.56 Å². The molecule has 4 rings (SSSR count). The standard InChI is InChI=1S/C23H22O4/c1-3-14-16(23(25)26)10-11-19-20(14)21(24)15(4-2)22(27-19)18-12-17(18)13-8-6-5-7-9-13/h5-11,17-18H,3-4,12H2,1-2H3,(H,25,26). The SMILES string of the molecule is CCc1c(C2CC2c2ccccc2)oc2ccc(C(=O)O)c(CC)c2c1=O. The van der Waals surface area contributed by atoms with Gasteiger partial charge in [-0.3, -0.25) is 4.79 Å². The summed E-state index contributed by atoms with van der Waals surface area (Å²) in [6.07, 6.45) is 2.02. The van der Waals surface area contributed by atoms with Crippen LogP contribution < -0.4 is 5.43 Å². The van der Waals surface area contributed by atoms with Crippen LogP contribution in [0.2, 0.25) is 0 Å². The minimum absolute atomic E-state index is 0.0765. The van der Waals surface area contributed by atoms with Gasteiger partial charge in [0.2, 0.25) is 0 Å². The van der Waals surface area contributed by atoms with Crippen LogP contribution in [-0.4, -0.2) is 11.1 Å². The number of hydrogen-bond donors (Lipinski definition) is 1. The second-order valence-electron chi connectivity index (χ2n) is 7.11. The summed E-state index contributed by atoms with van der Waals surface area (Å²) in [7, 11) is 0. The van der Waals surface area contributed by atoms with Gasteiger partial charge in [-0.05, 0) is 48.4 Å². The lowest BCUT2D eigenvalue weighted by Gasteiger charge is -2.12. The van der Waals surface area contributed by atoms with Gasteiger partial charge in [0.1, 0.15) is 11.3 Å². The van der Waals surface area contributed by atoms with E-state index in [-0.39, 0.29) is 16.9 Å². The molecule has 27 heavy (non-hydrogen) atoms. The highest BCUT2D eigenvalue weighted by Gasteiger charge is 2.43. The lowest BCUT2D eigenvalue weighted by molar-refractivity contribution is 0.0696. The maximum atomic E-state index is 13.3. The number of aromatic carboxylic acids is 1. The third-order valence-corrected chi connectivity index (χ3v) is 5.59. The first-order valence-electron chi connectivity index (χ1n) is 9.46. The molecule has 4 nitrogen and oxygen atoms in total. The molecule has 0 bridgehead atoms. The Balaban J connectivity index is 1.88. The quantitative estimate of drug-likeness (QED) is 0.702. The Bertz CT molecular complexity index is 1080. The number of carboxylic acids is 1. The van der Waals surface area contributed by atoms with E-state index in [9.17, 15) is 14.7 Å². The molecule has 0 amide bonds. The number of hydrogen-bond acceptors (Lipinski definition) is 3. The minimum Gasteiger partial charge on any atom is -0.478 e. The van der Waals surface area contributed by atoms with E-state index < -0.39 is 5.97 Å². The Kier molecular flexibility index (Phi) is 4.34. The molecule has 2 atom stereocenters. The molecule has 1 aliphatic rings. The van der Waals surface area contributed by atoms with Crippen LogP contribution >= 0.6 is 0 Å². The Morgan fingerprint density at radius 1 is 1.04 bits per heavy atom. The highest BCUT2D eigenvalue weighted by atomic mass is 16.4. The topological polar surface area (TPSA) is 67.5 Å². The second-order valence-corrected chi connectivity index (χ2v) is 7.11. The zero-order chi connectivity index (χ0) is 19.1. The van der Waals surface area contributed by atoms with Crippen LogP contribution in [0.3, 0.4) is 0 Å². The number of aryl methyl sites for hydroxylation is 1. The van der Waals surface area contributed by atoms with E-state index in [1.54, 1.807) is 12.1 Å². The molecule has 1 aliphatic carbocycles. The monoisotopic (exact) mass is 362 g/mol. The molecule has 1 fully saturated rings. The van der Waals surface area contributed by atoms with E-state index in [0.717, 1.165) is 12.2 Å². The van der Waals surface area contributed by atoms with Crippen molar-refractivity contribution < 1.29 is 14.3 Å². The van der Waals surface area contributed by atoms with Crippen LogP contribution in [0.15, 0.2) is 51.7 Å². The molecule has 2 aromatic carbocycles. The van der Waals surface area contributed by atoms with Crippen LogP contribution in [-0.2, 0) is 12.8 Å². The van der Waals surface area contributed by atoms with E-state index >= 15 is 0 Å². The largest absolute Gasteiger partial charge is 0.478 e. The van der Waals surface area contributed by atoms with Gasteiger partial charge in [-0.25, -0.2) is 4.79 Å². The summed E-state index contributed by atoms with van der Waals surface area (Å²) < 4.78 is 6.22. The third kappa shape index (κ3) is 2.85. The zero-order valence-corrected chi connectivity index (χ0v) is 15.5. The summed E-state index contributed by atoms with van der Waals surface area (Å²) in [5, 5.41) is 9.88. The van der Waals surface area contributed by atoms with Crippen molar-refractivity contribution in [1.29, 1.82) is 0 Å². The Morgan fingerprint density at radius 3 is 2.37 bits per heavy atom. The Morgan fingerprint density at radius 2 is 1.74 bits per heavy atom. The first-order valence-corrected chi connectivity index (χ1v) is 9.46. The first-order chi connectivity index (χ1) is 13.1. The Labute approximate surface area is 157 Å². The summed E-state index contributed by atoms with van der Waals surface area (Å²) >= 11 is 0. The van der Waals surface area contributed by atoms with Crippen molar-refractivity contribution in [3.63, 3.8) is 0 Å². The molecule has 1 aromatic heterocycles. The second kappa shape index (κ2) is 6.69. The van der Waals surface area contributed by atoms with Gasteiger partial charge in [0.15, 0.2) is 5.43 Å². The van der Waals surface area contributed by atoms with Crippen LogP contribution in [0.4, 0.5) is 0 Å². The van der Waals surface area contributed by atoms with Crippen LogP contribution in [0, 0.1) is 0 Å². The molecule has 1 saturated carbocycles. The fourth-order valence-corrected chi connectivity index (χ4v) is 4.16. The Hall–Kier alpha value is -2.88. The average Bonchev–Trinajstić information content (AvgIpc) is 3.48. The summed E-state index contributed by atoms with van der Waals surface area (Å²) in [5.74, 6) is 0.348. The summed E-state index contributed by atoms with van der Waals surface area (Å²) in [4.78, 5) is 24.8. The minimum atomic E-state index is -1.01. The van der Waals surface area contributed by atoms with Crippen molar-refractivity contribution in [2.45, 2.75) is 44.9 Å². The summed E-state index contributed by atoms with van der Waals surface area (Å²) in [6.45, 7) is 3.82. The van der Waals surface area contributed by atoms with Crippen molar-refractivity contribution >= 4 is 16.9 Å². The van der Waals surface area contributed by atoms with Gasteiger partial charge in [-0.15, -0.1) is 0 Å². The van der Waals surface area contributed by atoms with Crippen molar-refractivity contribution in [3.8, 4) is 0 Å². The van der Waals surface area contributed by atoms with Crippen molar-refractivity contribution in [3.05, 3.63) is 80.7 Å². The highest BCUT2D eigenvalue weighted by Crippen LogP contribution is 2.55. The summed E-state index contributed by atoms with van der Waals surface area (Å²) in [6, 6.07) is 13.5. The molecule has 3 aromatic rings. The maximum absolute atomic E-state index is 13.3. The molecular formula is C23H22O4. The molecule has 0 radical (unpaired) electrons. The van der Waals surface area contributed by atoms with Crippen molar-refractivity contribution in [2.75, 3.05) is 0 Å². The molecule has 138 valence electrons. The van der Waals surface area contributed by atoms with E-state index in [2.05, 4.69) is 12.1 Å². The van der Waals surface area contributed by atoms with Gasteiger partial charge in [0.25, 0.3) is 0 Å². The molecule has 0 saturated heterocycles. The normalized spacial score (nSPS) is 18.6. The molecule has 0 aliphatic heterocycles. The number of fused-ring (bicyclic) bond motifs is 1. The molecule has 1 N–H and O–H groups in total. The molecule has 4 heteroatoms. The zero-order valence-electron chi connectivity index (χ0n) is 15.5. The van der Waals surface area contributed by atoms with Gasteiger partial charge < -0.3 is 9.52 Å². The van der Waals surface area contributed by atoms with Gasteiger partial charge in [0.05, 0.1) is 10.9 Å². The fourth-order valence-electron chi connectivity index (χ4n) is 4.16. The number of carbonyl (C=O) groups is 1. The molecule has 2 unspecified atom stereocenters. The number of carboxylic acid groups (broad SMARTS) is 1. The maximum Gasteiger partial charge on any atom is 0.335 e. The van der Waals surface area contributed by atoms with Gasteiger partial charge in [0, 0.05) is 11.5 Å². The molecule has 1 heterocycles. The smallest absolute Gasteiger partial charge is 0.335 e. The van der Waals surface area contributed by atoms with E-state index in [0.29, 0.717) is 40.9 Å². The molecule has 0 spiro atoms. The fraction of sp³-hybridized carbons (Fsp3) is 0.304. The average molecular weight is 362 g/mol. The van der Waals surface area contributed by atoms with Crippen LogP contribution in [0.5, 0.6) is 0 Å². The van der Waals surface area contributed by atoms with Crippen molar-refractivity contribution in [2.24, 2.45) is 0 Å². The van der Waals surface area contributed by atoms with Crippen LogP contribution in [0.25, 0.3) is 11.0 Å². The summed E-state index contributed by atoms with van der Waals surface area (Å²) in [5.41, 5.74) is 3.11. The van der Waals surface area contributed by atoms with Gasteiger partial charge in [-0.1, -0.05) is 44.2 Å². The van der Waals surface area contributed by atoms with Gasteiger partial charge >= 0.3 is 5.97 Å². The third-order valence-electron chi connectivity index (χ3n) is 5.59. The lowest BCUT2D eigenvalue weighted by Crippen LogP contribution is -2.15. The lowest BCUT2D eigenvalue weighted by atomic mass is 9.96. The van der Waals surface area contributed by atoms with Gasteiger partial charge in [-0.2, -0.15) is 0 Å².